The third-order valence-electron chi connectivity index (χ3n) is 6.32. The van der Waals surface area contributed by atoms with Gasteiger partial charge in [0, 0.05) is 50.9 Å². The molecule has 4 rings (SSSR count). The maximum Gasteiger partial charge on any atom is 0.222 e. The van der Waals surface area contributed by atoms with E-state index in [9.17, 15) is 9.59 Å². The number of piperazine rings is 1. The van der Waals surface area contributed by atoms with Gasteiger partial charge in [-0.25, -0.2) is 0 Å². The molecule has 0 saturated carbocycles. The van der Waals surface area contributed by atoms with Gasteiger partial charge >= 0.3 is 0 Å². The number of benzene rings is 2. The van der Waals surface area contributed by atoms with Crippen LogP contribution < -0.4 is 15.4 Å². The highest BCUT2D eigenvalue weighted by atomic mass is 16.5. The van der Waals surface area contributed by atoms with Crippen LogP contribution in [0.2, 0.25) is 0 Å². The van der Waals surface area contributed by atoms with Crippen LogP contribution in [0, 0.1) is 0 Å². The topological polar surface area (TPSA) is 79.1 Å². The van der Waals surface area contributed by atoms with Crippen molar-refractivity contribution in [3.63, 3.8) is 0 Å². The van der Waals surface area contributed by atoms with Crippen LogP contribution in [-0.4, -0.2) is 67.3 Å². The van der Waals surface area contributed by atoms with Crippen LogP contribution in [0.1, 0.15) is 25.7 Å². The SMILES string of the molecule is N/C(=C\C(=O)CN1CCN(c2ccccc2Oc2ccccc2)CC1)CN1CCCCCC1=O. The van der Waals surface area contributed by atoms with E-state index < -0.39 is 0 Å². The summed E-state index contributed by atoms with van der Waals surface area (Å²) in [5.41, 5.74) is 7.63. The summed E-state index contributed by atoms with van der Waals surface area (Å²) in [5, 5.41) is 0. The Morgan fingerprint density at radius 2 is 1.62 bits per heavy atom. The van der Waals surface area contributed by atoms with E-state index in [4.69, 9.17) is 10.5 Å². The Kier molecular flexibility index (Phi) is 8.20. The van der Waals surface area contributed by atoms with Crippen molar-refractivity contribution in [1.29, 1.82) is 0 Å². The molecule has 2 N–H and O–H groups in total. The van der Waals surface area contributed by atoms with Crippen LogP contribution in [0.5, 0.6) is 11.5 Å². The summed E-state index contributed by atoms with van der Waals surface area (Å²) < 4.78 is 6.12. The minimum atomic E-state index is -0.0129. The van der Waals surface area contributed by atoms with Crippen molar-refractivity contribution >= 4 is 17.4 Å². The first-order chi connectivity index (χ1) is 16.6. The van der Waals surface area contributed by atoms with Gasteiger partial charge in [0.05, 0.1) is 18.8 Å². The summed E-state index contributed by atoms with van der Waals surface area (Å²) in [7, 11) is 0. The molecule has 0 aromatic heterocycles. The number of rotatable bonds is 8. The van der Waals surface area contributed by atoms with Crippen LogP contribution in [0.4, 0.5) is 5.69 Å². The van der Waals surface area contributed by atoms with E-state index >= 15 is 0 Å². The number of hydrogen-bond donors (Lipinski definition) is 1. The highest BCUT2D eigenvalue weighted by molar-refractivity contribution is 5.92. The van der Waals surface area contributed by atoms with E-state index in [1.54, 1.807) is 4.90 Å². The molecule has 2 heterocycles. The van der Waals surface area contributed by atoms with Gasteiger partial charge < -0.3 is 20.3 Å². The van der Waals surface area contributed by atoms with Crippen LogP contribution >= 0.6 is 0 Å². The molecule has 1 amide bonds. The monoisotopic (exact) mass is 462 g/mol. The number of ether oxygens (including phenoxy) is 1. The fourth-order valence-corrected chi connectivity index (χ4v) is 4.51. The van der Waals surface area contributed by atoms with Crippen molar-refractivity contribution in [2.75, 3.05) is 50.7 Å². The van der Waals surface area contributed by atoms with E-state index in [2.05, 4.69) is 15.9 Å². The molecule has 2 aliphatic rings. The van der Waals surface area contributed by atoms with E-state index in [-0.39, 0.29) is 11.7 Å². The molecule has 2 aromatic rings. The minimum absolute atomic E-state index is 0.0129. The van der Waals surface area contributed by atoms with Crippen LogP contribution in [-0.2, 0) is 9.59 Å². The predicted octanol–water partition coefficient (Wildman–Crippen LogP) is 3.42. The number of hydrogen-bond acceptors (Lipinski definition) is 6. The number of ketones is 1. The average Bonchev–Trinajstić information content (AvgIpc) is 3.04. The largest absolute Gasteiger partial charge is 0.455 e. The lowest BCUT2D eigenvalue weighted by molar-refractivity contribution is -0.130. The molecule has 0 unspecified atom stereocenters. The molecule has 2 aromatic carbocycles. The number of anilines is 1. The van der Waals surface area contributed by atoms with Gasteiger partial charge in [0.2, 0.25) is 5.91 Å². The van der Waals surface area contributed by atoms with E-state index in [1.807, 2.05) is 48.5 Å². The number of nitrogens with zero attached hydrogens (tertiary/aromatic N) is 3. The summed E-state index contributed by atoms with van der Waals surface area (Å²) in [4.78, 5) is 31.0. The van der Waals surface area contributed by atoms with Gasteiger partial charge in [0.25, 0.3) is 0 Å². The molecule has 34 heavy (non-hydrogen) atoms. The predicted molar refractivity (Wildman–Crippen MR) is 134 cm³/mol. The second-order valence-corrected chi connectivity index (χ2v) is 8.96. The number of carbonyl (C=O) groups is 2. The number of likely N-dealkylation sites (tertiary alicyclic amines) is 1. The summed E-state index contributed by atoms with van der Waals surface area (Å²) in [6.45, 7) is 4.58. The third-order valence-corrected chi connectivity index (χ3v) is 6.32. The summed E-state index contributed by atoms with van der Waals surface area (Å²) in [5.74, 6) is 1.76. The molecule has 7 heteroatoms. The highest BCUT2D eigenvalue weighted by Crippen LogP contribution is 2.32. The second kappa shape index (κ2) is 11.7. The van der Waals surface area contributed by atoms with E-state index in [0.29, 0.717) is 25.2 Å². The van der Waals surface area contributed by atoms with Crippen molar-refractivity contribution < 1.29 is 14.3 Å². The quantitative estimate of drug-likeness (QED) is 0.606. The summed E-state index contributed by atoms with van der Waals surface area (Å²) in [6, 6.07) is 17.8. The van der Waals surface area contributed by atoms with Crippen molar-refractivity contribution in [3.05, 3.63) is 66.4 Å². The fourth-order valence-electron chi connectivity index (χ4n) is 4.51. The number of nitrogens with two attached hydrogens (primary N) is 1. The number of para-hydroxylation sites is 3. The zero-order valence-corrected chi connectivity index (χ0v) is 19.7. The van der Waals surface area contributed by atoms with Gasteiger partial charge in [-0.1, -0.05) is 36.8 Å². The Balaban J connectivity index is 1.28. The van der Waals surface area contributed by atoms with Gasteiger partial charge in [0.15, 0.2) is 11.5 Å². The molecule has 7 nitrogen and oxygen atoms in total. The first kappa shape index (κ1) is 23.8. The zero-order chi connectivity index (χ0) is 23.8. The van der Waals surface area contributed by atoms with Crippen molar-refractivity contribution in [1.82, 2.24) is 9.80 Å². The fraction of sp³-hybridized carbons (Fsp3) is 0.407. The molecule has 180 valence electrons. The summed E-state index contributed by atoms with van der Waals surface area (Å²) >= 11 is 0. The van der Waals surface area contributed by atoms with Gasteiger partial charge in [-0.3, -0.25) is 14.5 Å². The Hall–Kier alpha value is -3.32. The molecular weight excluding hydrogens is 428 g/mol. The third kappa shape index (κ3) is 6.60. The Morgan fingerprint density at radius 1 is 0.882 bits per heavy atom. The Bertz CT molecular complexity index is 1000. The molecule has 2 aliphatic heterocycles. The maximum absolute atomic E-state index is 12.6. The molecule has 0 aliphatic carbocycles. The molecule has 0 bridgehead atoms. The Labute approximate surface area is 201 Å². The Morgan fingerprint density at radius 3 is 2.41 bits per heavy atom. The average molecular weight is 463 g/mol. The second-order valence-electron chi connectivity index (χ2n) is 8.96. The van der Waals surface area contributed by atoms with Crippen molar-refractivity contribution in [2.24, 2.45) is 5.73 Å². The van der Waals surface area contributed by atoms with Gasteiger partial charge in [-0.05, 0) is 37.1 Å². The zero-order valence-electron chi connectivity index (χ0n) is 19.7. The molecule has 0 spiro atoms. The van der Waals surface area contributed by atoms with E-state index in [1.165, 1.54) is 6.08 Å². The van der Waals surface area contributed by atoms with E-state index in [0.717, 1.165) is 69.2 Å². The lowest BCUT2D eigenvalue weighted by Gasteiger charge is -2.36. The smallest absolute Gasteiger partial charge is 0.222 e. The standard InChI is InChI=1S/C27H34N4O3/c28-22(20-31-14-8-2-5-13-27(31)33)19-23(32)21-29-15-17-30(18-16-29)25-11-6-7-12-26(25)34-24-9-3-1-4-10-24/h1,3-4,6-7,9-12,19H,2,5,8,13-18,20-21,28H2/b22-19-. The molecule has 2 fully saturated rings. The van der Waals surface area contributed by atoms with Gasteiger partial charge in [-0.2, -0.15) is 0 Å². The number of carbonyl (C=O) groups excluding carboxylic acids is 2. The van der Waals surface area contributed by atoms with Crippen LogP contribution in [0.25, 0.3) is 0 Å². The summed E-state index contributed by atoms with van der Waals surface area (Å²) in [6.07, 6.45) is 5.08. The van der Waals surface area contributed by atoms with Crippen LogP contribution in [0.3, 0.4) is 0 Å². The lowest BCUT2D eigenvalue weighted by atomic mass is 10.2. The molecule has 0 atom stereocenters. The number of amides is 1. The maximum atomic E-state index is 12.6. The molecule has 0 radical (unpaired) electrons. The normalized spacial score (nSPS) is 18.0. The highest BCUT2D eigenvalue weighted by Gasteiger charge is 2.22. The minimum Gasteiger partial charge on any atom is -0.455 e. The van der Waals surface area contributed by atoms with Gasteiger partial charge in [-0.15, -0.1) is 0 Å². The van der Waals surface area contributed by atoms with Crippen molar-refractivity contribution in [2.45, 2.75) is 25.7 Å². The molecule has 2 saturated heterocycles. The van der Waals surface area contributed by atoms with Crippen LogP contribution in [0.15, 0.2) is 66.4 Å². The molecular formula is C27H34N4O3. The van der Waals surface area contributed by atoms with Gasteiger partial charge in [0.1, 0.15) is 5.75 Å². The first-order valence-corrected chi connectivity index (χ1v) is 12.1. The lowest BCUT2D eigenvalue weighted by Crippen LogP contribution is -2.48. The van der Waals surface area contributed by atoms with Crippen molar-refractivity contribution in [3.8, 4) is 11.5 Å². The first-order valence-electron chi connectivity index (χ1n) is 12.1.